The molecular formula is C13H22N2O. The molecule has 3 heteroatoms. The third kappa shape index (κ3) is 2.29. The summed E-state index contributed by atoms with van der Waals surface area (Å²) in [7, 11) is 1.89. The SMILES string of the molecule is CNC1CC(C)CCN(C2C=CCC2)C1=O. The summed E-state index contributed by atoms with van der Waals surface area (Å²) in [6.45, 7) is 3.17. The molecule has 0 spiro atoms. The Morgan fingerprint density at radius 3 is 2.88 bits per heavy atom. The van der Waals surface area contributed by atoms with Crippen LogP contribution in [0.25, 0.3) is 0 Å². The van der Waals surface area contributed by atoms with Gasteiger partial charge in [-0.15, -0.1) is 0 Å². The number of nitrogens with zero attached hydrogens (tertiary/aromatic N) is 1. The number of hydrogen-bond donors (Lipinski definition) is 1. The van der Waals surface area contributed by atoms with Gasteiger partial charge in [0.05, 0.1) is 12.1 Å². The lowest BCUT2D eigenvalue weighted by Crippen LogP contribution is -2.47. The van der Waals surface area contributed by atoms with E-state index in [1.54, 1.807) is 0 Å². The average molecular weight is 222 g/mol. The Hall–Kier alpha value is -0.830. The van der Waals surface area contributed by atoms with E-state index in [1.165, 1.54) is 0 Å². The lowest BCUT2D eigenvalue weighted by molar-refractivity contribution is -0.134. The van der Waals surface area contributed by atoms with E-state index in [9.17, 15) is 4.79 Å². The molecule has 3 unspecified atom stereocenters. The number of hydrogen-bond acceptors (Lipinski definition) is 2. The maximum Gasteiger partial charge on any atom is 0.240 e. The van der Waals surface area contributed by atoms with Gasteiger partial charge in [-0.1, -0.05) is 19.1 Å². The fourth-order valence-electron chi connectivity index (χ4n) is 2.74. The first-order chi connectivity index (χ1) is 7.72. The van der Waals surface area contributed by atoms with Crippen molar-refractivity contribution in [1.29, 1.82) is 0 Å². The van der Waals surface area contributed by atoms with Crippen LogP contribution in [-0.4, -0.2) is 36.5 Å². The van der Waals surface area contributed by atoms with Crippen molar-refractivity contribution < 1.29 is 4.79 Å². The van der Waals surface area contributed by atoms with Gasteiger partial charge in [0, 0.05) is 6.54 Å². The van der Waals surface area contributed by atoms with E-state index in [2.05, 4.69) is 29.3 Å². The fourth-order valence-corrected chi connectivity index (χ4v) is 2.74. The van der Waals surface area contributed by atoms with Gasteiger partial charge in [-0.3, -0.25) is 4.79 Å². The highest BCUT2D eigenvalue weighted by molar-refractivity contribution is 5.82. The molecule has 0 aromatic carbocycles. The van der Waals surface area contributed by atoms with Gasteiger partial charge >= 0.3 is 0 Å². The molecule has 1 heterocycles. The molecule has 0 saturated carbocycles. The van der Waals surface area contributed by atoms with Crippen molar-refractivity contribution in [2.24, 2.45) is 5.92 Å². The maximum absolute atomic E-state index is 12.3. The third-order valence-electron chi connectivity index (χ3n) is 3.82. The van der Waals surface area contributed by atoms with Crippen LogP contribution in [0.2, 0.25) is 0 Å². The van der Waals surface area contributed by atoms with Crippen LogP contribution in [0, 0.1) is 5.92 Å². The second-order valence-electron chi connectivity index (χ2n) is 5.08. The molecule has 0 aromatic rings. The standard InChI is InChI=1S/C13H22N2O/c1-10-7-8-15(11-5-3-4-6-11)13(16)12(9-10)14-2/h3,5,10-12,14H,4,6-9H2,1-2H3. The molecule has 16 heavy (non-hydrogen) atoms. The third-order valence-corrected chi connectivity index (χ3v) is 3.82. The molecular weight excluding hydrogens is 200 g/mol. The first kappa shape index (κ1) is 11.6. The summed E-state index contributed by atoms with van der Waals surface area (Å²) in [4.78, 5) is 14.4. The van der Waals surface area contributed by atoms with Crippen molar-refractivity contribution in [3.63, 3.8) is 0 Å². The predicted octanol–water partition coefficient (Wildman–Crippen LogP) is 1.55. The van der Waals surface area contributed by atoms with Gasteiger partial charge in [0.1, 0.15) is 0 Å². The van der Waals surface area contributed by atoms with Crippen LogP contribution >= 0.6 is 0 Å². The van der Waals surface area contributed by atoms with Crippen LogP contribution in [-0.2, 0) is 4.79 Å². The first-order valence-electron chi connectivity index (χ1n) is 6.36. The van der Waals surface area contributed by atoms with E-state index < -0.39 is 0 Å². The van der Waals surface area contributed by atoms with Crippen LogP contribution in [0.3, 0.4) is 0 Å². The van der Waals surface area contributed by atoms with Gasteiger partial charge in [0.15, 0.2) is 0 Å². The Labute approximate surface area is 97.9 Å². The number of allylic oxidation sites excluding steroid dienone is 1. The molecule has 3 nitrogen and oxygen atoms in total. The summed E-state index contributed by atoms with van der Waals surface area (Å²) in [6.07, 6.45) is 8.72. The quantitative estimate of drug-likeness (QED) is 0.719. The summed E-state index contributed by atoms with van der Waals surface area (Å²) < 4.78 is 0. The highest BCUT2D eigenvalue weighted by atomic mass is 16.2. The zero-order chi connectivity index (χ0) is 11.5. The Balaban J connectivity index is 2.10. The number of likely N-dealkylation sites (N-methyl/N-ethyl adjacent to an activating group) is 1. The van der Waals surface area contributed by atoms with E-state index in [0.29, 0.717) is 17.9 Å². The number of nitrogens with one attached hydrogen (secondary N) is 1. The van der Waals surface area contributed by atoms with Gasteiger partial charge < -0.3 is 10.2 Å². The zero-order valence-corrected chi connectivity index (χ0v) is 10.3. The molecule has 0 aromatic heterocycles. The van der Waals surface area contributed by atoms with Crippen molar-refractivity contribution in [2.45, 2.75) is 44.7 Å². The molecule has 1 aliphatic carbocycles. The Bertz CT molecular complexity index is 288. The highest BCUT2D eigenvalue weighted by Gasteiger charge is 2.32. The zero-order valence-electron chi connectivity index (χ0n) is 10.3. The minimum atomic E-state index is 0.0199. The van der Waals surface area contributed by atoms with Gasteiger partial charge in [0.25, 0.3) is 0 Å². The number of carbonyl (C=O) groups excluding carboxylic acids is 1. The van der Waals surface area contributed by atoms with Crippen LogP contribution in [0.4, 0.5) is 0 Å². The van der Waals surface area contributed by atoms with Crippen LogP contribution in [0.15, 0.2) is 12.2 Å². The summed E-state index contributed by atoms with van der Waals surface area (Å²) in [5, 5.41) is 3.16. The number of rotatable bonds is 2. The average Bonchev–Trinajstić information content (AvgIpc) is 2.75. The van der Waals surface area contributed by atoms with E-state index in [4.69, 9.17) is 0 Å². The lowest BCUT2D eigenvalue weighted by Gasteiger charge is -2.29. The molecule has 1 fully saturated rings. The van der Waals surface area contributed by atoms with E-state index in [1.807, 2.05) is 7.05 Å². The first-order valence-corrected chi connectivity index (χ1v) is 6.36. The molecule has 1 amide bonds. The molecule has 1 aliphatic heterocycles. The lowest BCUT2D eigenvalue weighted by atomic mass is 10.0. The molecule has 3 atom stereocenters. The van der Waals surface area contributed by atoms with Gasteiger partial charge in [-0.2, -0.15) is 0 Å². The van der Waals surface area contributed by atoms with E-state index in [0.717, 1.165) is 32.2 Å². The number of amides is 1. The molecule has 0 bridgehead atoms. The van der Waals surface area contributed by atoms with E-state index >= 15 is 0 Å². The molecule has 1 saturated heterocycles. The predicted molar refractivity (Wildman–Crippen MR) is 65.1 cm³/mol. The van der Waals surface area contributed by atoms with Crippen molar-refractivity contribution in [1.82, 2.24) is 10.2 Å². The van der Waals surface area contributed by atoms with Crippen molar-refractivity contribution in [3.8, 4) is 0 Å². The molecule has 0 radical (unpaired) electrons. The van der Waals surface area contributed by atoms with E-state index in [-0.39, 0.29) is 6.04 Å². The Morgan fingerprint density at radius 1 is 1.44 bits per heavy atom. The topological polar surface area (TPSA) is 32.3 Å². The van der Waals surface area contributed by atoms with Crippen LogP contribution in [0.5, 0.6) is 0 Å². The second kappa shape index (κ2) is 5.00. The summed E-state index contributed by atoms with van der Waals surface area (Å²) >= 11 is 0. The minimum Gasteiger partial charge on any atom is -0.335 e. The normalized spacial score (nSPS) is 35.5. The highest BCUT2D eigenvalue weighted by Crippen LogP contribution is 2.24. The minimum absolute atomic E-state index is 0.0199. The van der Waals surface area contributed by atoms with Crippen molar-refractivity contribution in [3.05, 3.63) is 12.2 Å². The van der Waals surface area contributed by atoms with Crippen molar-refractivity contribution >= 4 is 5.91 Å². The Kier molecular flexibility index (Phi) is 3.64. The van der Waals surface area contributed by atoms with Gasteiger partial charge in [-0.05, 0) is 38.6 Å². The largest absolute Gasteiger partial charge is 0.335 e. The van der Waals surface area contributed by atoms with Crippen LogP contribution < -0.4 is 5.32 Å². The maximum atomic E-state index is 12.3. The smallest absolute Gasteiger partial charge is 0.240 e. The Morgan fingerprint density at radius 2 is 2.25 bits per heavy atom. The molecule has 2 aliphatic rings. The molecule has 2 rings (SSSR count). The summed E-state index contributed by atoms with van der Waals surface area (Å²) in [6, 6.07) is 0.375. The van der Waals surface area contributed by atoms with Gasteiger partial charge in [0.2, 0.25) is 5.91 Å². The summed E-state index contributed by atoms with van der Waals surface area (Å²) in [5.41, 5.74) is 0. The van der Waals surface area contributed by atoms with Gasteiger partial charge in [-0.25, -0.2) is 0 Å². The summed E-state index contributed by atoms with van der Waals surface area (Å²) in [5.74, 6) is 0.931. The van der Waals surface area contributed by atoms with Crippen LogP contribution in [0.1, 0.15) is 32.6 Å². The number of carbonyl (C=O) groups is 1. The molecule has 1 N–H and O–H groups in total. The monoisotopic (exact) mass is 222 g/mol. The fraction of sp³-hybridized carbons (Fsp3) is 0.769. The number of likely N-dealkylation sites (tertiary alicyclic amines) is 1. The molecule has 90 valence electrons. The van der Waals surface area contributed by atoms with Crippen molar-refractivity contribution in [2.75, 3.05) is 13.6 Å². The second-order valence-corrected chi connectivity index (χ2v) is 5.08.